The molecule has 0 aromatic heterocycles. The molecule has 1 aliphatic heterocycles. The predicted octanol–water partition coefficient (Wildman–Crippen LogP) is 2.50. The van der Waals surface area contributed by atoms with E-state index in [1.54, 1.807) is 7.11 Å². The Morgan fingerprint density at radius 1 is 1.14 bits per heavy atom. The smallest absolute Gasteiger partial charge is 0.228 e. The van der Waals surface area contributed by atoms with Gasteiger partial charge in [-0.25, -0.2) is 0 Å². The topological polar surface area (TPSA) is 50.4 Å². The van der Waals surface area contributed by atoms with Crippen molar-refractivity contribution in [3.63, 3.8) is 0 Å². The Bertz CT molecular complexity index is 665. The minimum Gasteiger partial charge on any atom is -0.497 e. The van der Waals surface area contributed by atoms with E-state index >= 15 is 0 Å². The van der Waals surface area contributed by atoms with Gasteiger partial charge in [-0.15, -0.1) is 0 Å². The van der Waals surface area contributed by atoms with E-state index in [4.69, 9.17) is 4.74 Å². The Kier molecular flexibility index (Phi) is 3.62. The van der Waals surface area contributed by atoms with Crippen molar-refractivity contribution in [3.8, 4) is 5.75 Å². The number of benzene rings is 2. The maximum Gasteiger partial charge on any atom is 0.228 e. The third kappa shape index (κ3) is 2.62. The lowest BCUT2D eigenvalue weighted by Crippen LogP contribution is -2.17. The van der Waals surface area contributed by atoms with Crippen molar-refractivity contribution in [2.24, 2.45) is 0 Å². The molecule has 0 spiro atoms. The summed E-state index contributed by atoms with van der Waals surface area (Å²) >= 11 is 0. The van der Waals surface area contributed by atoms with Gasteiger partial charge in [0.15, 0.2) is 0 Å². The first-order valence-electron chi connectivity index (χ1n) is 6.95. The summed E-state index contributed by atoms with van der Waals surface area (Å²) in [6, 6.07) is 14.2. The first-order chi connectivity index (χ1) is 10.2. The van der Waals surface area contributed by atoms with Gasteiger partial charge < -0.3 is 15.4 Å². The van der Waals surface area contributed by atoms with Gasteiger partial charge in [-0.3, -0.25) is 4.79 Å². The first kappa shape index (κ1) is 13.6. The highest BCUT2D eigenvalue weighted by Gasteiger charge is 2.20. The SMILES string of the molecule is CNC(c1ccc(OC)cc1)c1ccc2c(c1)CC(=O)N2. The second kappa shape index (κ2) is 5.58. The van der Waals surface area contributed by atoms with Crippen LogP contribution >= 0.6 is 0 Å². The summed E-state index contributed by atoms with van der Waals surface area (Å²) in [5.41, 5.74) is 4.30. The molecule has 1 heterocycles. The van der Waals surface area contributed by atoms with Crippen LogP contribution < -0.4 is 15.4 Å². The summed E-state index contributed by atoms with van der Waals surface area (Å²) in [6.07, 6.45) is 0.461. The van der Waals surface area contributed by atoms with Crippen molar-refractivity contribution in [2.45, 2.75) is 12.5 Å². The molecular weight excluding hydrogens is 264 g/mol. The van der Waals surface area contributed by atoms with Crippen LogP contribution in [0.4, 0.5) is 5.69 Å². The van der Waals surface area contributed by atoms with E-state index in [1.165, 1.54) is 0 Å². The minimum atomic E-state index is 0.0626. The van der Waals surface area contributed by atoms with Crippen LogP contribution in [-0.4, -0.2) is 20.1 Å². The average Bonchev–Trinajstić information content (AvgIpc) is 2.88. The van der Waals surface area contributed by atoms with Gasteiger partial charge in [-0.05, 0) is 41.9 Å². The third-order valence-corrected chi connectivity index (χ3v) is 3.83. The number of fused-ring (bicyclic) bond motifs is 1. The maximum absolute atomic E-state index is 11.5. The molecule has 0 saturated heterocycles. The Hall–Kier alpha value is -2.33. The van der Waals surface area contributed by atoms with Crippen LogP contribution in [0.2, 0.25) is 0 Å². The molecule has 2 aromatic rings. The Morgan fingerprint density at radius 2 is 1.86 bits per heavy atom. The van der Waals surface area contributed by atoms with Crippen LogP contribution in [0.1, 0.15) is 22.7 Å². The van der Waals surface area contributed by atoms with Crippen LogP contribution in [0.15, 0.2) is 42.5 Å². The molecule has 3 rings (SSSR count). The molecular formula is C17H18N2O2. The van der Waals surface area contributed by atoms with Crippen molar-refractivity contribution < 1.29 is 9.53 Å². The molecule has 1 aliphatic rings. The summed E-state index contributed by atoms with van der Waals surface area (Å²) in [5.74, 6) is 0.907. The molecule has 4 heteroatoms. The van der Waals surface area contributed by atoms with Crippen LogP contribution in [0.3, 0.4) is 0 Å². The lowest BCUT2D eigenvalue weighted by Gasteiger charge is -2.18. The number of ether oxygens (including phenoxy) is 1. The number of nitrogens with one attached hydrogen (secondary N) is 2. The normalized spacial score (nSPS) is 14.5. The van der Waals surface area contributed by atoms with Crippen LogP contribution in [-0.2, 0) is 11.2 Å². The van der Waals surface area contributed by atoms with Gasteiger partial charge in [0.05, 0.1) is 19.6 Å². The Labute approximate surface area is 124 Å². The number of carbonyl (C=O) groups excluding carboxylic acids is 1. The van der Waals surface area contributed by atoms with Gasteiger partial charge in [0, 0.05) is 5.69 Å². The predicted molar refractivity (Wildman–Crippen MR) is 82.7 cm³/mol. The molecule has 0 fully saturated rings. The van der Waals surface area contributed by atoms with E-state index in [2.05, 4.69) is 34.9 Å². The number of amides is 1. The highest BCUT2D eigenvalue weighted by molar-refractivity contribution is 5.99. The van der Waals surface area contributed by atoms with Crippen molar-refractivity contribution >= 4 is 11.6 Å². The van der Waals surface area contributed by atoms with E-state index in [1.807, 2.05) is 25.2 Å². The summed E-state index contributed by atoms with van der Waals surface area (Å²) in [7, 11) is 3.60. The summed E-state index contributed by atoms with van der Waals surface area (Å²) in [6.45, 7) is 0. The fourth-order valence-electron chi connectivity index (χ4n) is 2.75. The molecule has 1 amide bonds. The maximum atomic E-state index is 11.5. The molecule has 0 saturated carbocycles. The van der Waals surface area contributed by atoms with E-state index in [9.17, 15) is 4.79 Å². The molecule has 0 aliphatic carbocycles. The molecule has 2 N–H and O–H groups in total. The summed E-state index contributed by atoms with van der Waals surface area (Å²) < 4.78 is 5.19. The monoisotopic (exact) mass is 282 g/mol. The van der Waals surface area contributed by atoms with Gasteiger partial charge in [-0.1, -0.05) is 24.3 Å². The first-order valence-corrected chi connectivity index (χ1v) is 6.95. The number of hydrogen-bond acceptors (Lipinski definition) is 3. The van der Waals surface area contributed by atoms with Crippen molar-refractivity contribution in [1.82, 2.24) is 5.32 Å². The molecule has 108 valence electrons. The van der Waals surface area contributed by atoms with Gasteiger partial charge >= 0.3 is 0 Å². The lowest BCUT2D eigenvalue weighted by molar-refractivity contribution is -0.115. The van der Waals surface area contributed by atoms with E-state index in [0.29, 0.717) is 6.42 Å². The standard InChI is InChI=1S/C17H18N2O2/c1-18-17(11-3-6-14(21-2)7-4-11)12-5-8-15-13(9-12)10-16(20)19-15/h3-9,17-18H,10H2,1-2H3,(H,19,20). The highest BCUT2D eigenvalue weighted by Crippen LogP contribution is 2.29. The number of carbonyl (C=O) groups is 1. The highest BCUT2D eigenvalue weighted by atomic mass is 16.5. The molecule has 0 bridgehead atoms. The summed E-state index contributed by atoms with van der Waals surface area (Å²) in [5, 5.41) is 6.19. The van der Waals surface area contributed by atoms with Crippen LogP contribution in [0, 0.1) is 0 Å². The number of methoxy groups -OCH3 is 1. The van der Waals surface area contributed by atoms with Gasteiger partial charge in [-0.2, -0.15) is 0 Å². The summed E-state index contributed by atoms with van der Waals surface area (Å²) in [4.78, 5) is 11.5. The Balaban J connectivity index is 1.92. The van der Waals surface area contributed by atoms with Gasteiger partial charge in [0.2, 0.25) is 5.91 Å². The Morgan fingerprint density at radius 3 is 2.52 bits per heavy atom. The fourth-order valence-corrected chi connectivity index (χ4v) is 2.75. The lowest BCUT2D eigenvalue weighted by atomic mass is 9.96. The second-order valence-corrected chi connectivity index (χ2v) is 5.14. The third-order valence-electron chi connectivity index (χ3n) is 3.83. The van der Waals surface area contributed by atoms with Crippen molar-refractivity contribution in [1.29, 1.82) is 0 Å². The number of rotatable bonds is 4. The van der Waals surface area contributed by atoms with Gasteiger partial charge in [0.1, 0.15) is 5.75 Å². The van der Waals surface area contributed by atoms with Crippen molar-refractivity contribution in [2.75, 3.05) is 19.5 Å². The zero-order chi connectivity index (χ0) is 14.8. The molecule has 21 heavy (non-hydrogen) atoms. The van der Waals surface area contributed by atoms with Gasteiger partial charge in [0.25, 0.3) is 0 Å². The van der Waals surface area contributed by atoms with Crippen LogP contribution in [0.5, 0.6) is 5.75 Å². The van der Waals surface area contributed by atoms with E-state index in [0.717, 1.165) is 28.1 Å². The second-order valence-electron chi connectivity index (χ2n) is 5.14. The molecule has 1 unspecified atom stereocenters. The molecule has 1 atom stereocenters. The molecule has 4 nitrogen and oxygen atoms in total. The van der Waals surface area contributed by atoms with E-state index < -0.39 is 0 Å². The quantitative estimate of drug-likeness (QED) is 0.906. The minimum absolute atomic E-state index is 0.0626. The van der Waals surface area contributed by atoms with E-state index in [-0.39, 0.29) is 11.9 Å². The van der Waals surface area contributed by atoms with Crippen molar-refractivity contribution in [3.05, 3.63) is 59.2 Å². The number of hydrogen-bond donors (Lipinski definition) is 2. The molecule has 2 aromatic carbocycles. The molecule has 0 radical (unpaired) electrons. The zero-order valence-electron chi connectivity index (χ0n) is 12.1. The largest absolute Gasteiger partial charge is 0.497 e. The zero-order valence-corrected chi connectivity index (χ0v) is 12.1. The average molecular weight is 282 g/mol. The number of anilines is 1. The van der Waals surface area contributed by atoms with Crippen LogP contribution in [0.25, 0.3) is 0 Å². The fraction of sp³-hybridized carbons (Fsp3) is 0.235.